The van der Waals surface area contributed by atoms with Gasteiger partial charge in [-0.15, -0.1) is 0 Å². The second kappa shape index (κ2) is 14.7. The molecule has 9 heteroatoms. The van der Waals surface area contributed by atoms with Crippen molar-refractivity contribution in [2.45, 2.75) is 135 Å². The number of rotatable bonds is 10. The van der Waals surface area contributed by atoms with Crippen LogP contribution in [0.5, 0.6) is 0 Å². The van der Waals surface area contributed by atoms with Crippen molar-refractivity contribution in [1.29, 1.82) is 0 Å². The zero-order valence-electron chi connectivity index (χ0n) is 25.1. The van der Waals surface area contributed by atoms with Crippen molar-refractivity contribution in [3.8, 4) is 0 Å². The van der Waals surface area contributed by atoms with Crippen LogP contribution >= 0.6 is 0 Å². The van der Waals surface area contributed by atoms with Crippen LogP contribution in [0.25, 0.3) is 0 Å². The van der Waals surface area contributed by atoms with Gasteiger partial charge in [-0.25, -0.2) is 0 Å². The molecule has 10 unspecified atom stereocenters. The van der Waals surface area contributed by atoms with E-state index in [1.165, 1.54) is 0 Å². The normalized spacial score (nSPS) is 36.0. The molecule has 10 atom stereocenters. The highest BCUT2D eigenvalue weighted by Gasteiger charge is 2.47. The zero-order chi connectivity index (χ0) is 30.3. The standard InChI is InChI=1S/C31H50O9/c1-8-23(33)21(5)29-24(38-29)18-30(6,36)15-10-11-19(3)28-20(4)12-13-25(39-26(34)9-2)31(7,37)16-14-22(32)17-27(35)40-28/h10-13,15,20-25,28-29,32-33,36-37H,8-9,14,16-18H2,1-7H3/b13-12-,15-10+,19-11+. The lowest BCUT2D eigenvalue weighted by atomic mass is 9.88. The molecule has 0 bridgehead atoms. The lowest BCUT2D eigenvalue weighted by molar-refractivity contribution is -0.159. The first-order valence-electron chi connectivity index (χ1n) is 14.5. The maximum Gasteiger partial charge on any atom is 0.309 e. The predicted molar refractivity (Wildman–Crippen MR) is 151 cm³/mol. The second-order valence-electron chi connectivity index (χ2n) is 12.0. The Morgan fingerprint density at radius 2 is 2.00 bits per heavy atom. The smallest absolute Gasteiger partial charge is 0.309 e. The molecular formula is C31H50O9. The molecule has 40 heavy (non-hydrogen) atoms. The minimum absolute atomic E-state index is 0.00504. The van der Waals surface area contributed by atoms with Crippen LogP contribution in [0.4, 0.5) is 0 Å². The number of aliphatic hydroxyl groups is 4. The molecule has 0 aliphatic carbocycles. The molecule has 0 spiro atoms. The van der Waals surface area contributed by atoms with Crippen molar-refractivity contribution < 1.29 is 44.2 Å². The first-order valence-corrected chi connectivity index (χ1v) is 14.5. The van der Waals surface area contributed by atoms with Gasteiger partial charge in [0.2, 0.25) is 0 Å². The van der Waals surface area contributed by atoms with Gasteiger partial charge in [0.1, 0.15) is 17.8 Å². The fourth-order valence-corrected chi connectivity index (χ4v) is 5.03. The summed E-state index contributed by atoms with van der Waals surface area (Å²) >= 11 is 0. The largest absolute Gasteiger partial charge is 0.457 e. The van der Waals surface area contributed by atoms with Gasteiger partial charge in [-0.2, -0.15) is 0 Å². The van der Waals surface area contributed by atoms with E-state index in [1.54, 1.807) is 51.2 Å². The summed E-state index contributed by atoms with van der Waals surface area (Å²) in [6.07, 6.45) is 6.44. The number of cyclic esters (lactones) is 1. The Balaban J connectivity index is 2.19. The van der Waals surface area contributed by atoms with Gasteiger partial charge in [-0.3, -0.25) is 9.59 Å². The third kappa shape index (κ3) is 10.4. The summed E-state index contributed by atoms with van der Waals surface area (Å²) in [5.74, 6) is -1.37. The van der Waals surface area contributed by atoms with Gasteiger partial charge in [0.15, 0.2) is 0 Å². The van der Waals surface area contributed by atoms with E-state index in [0.29, 0.717) is 18.4 Å². The van der Waals surface area contributed by atoms with E-state index in [0.717, 1.165) is 0 Å². The third-order valence-corrected chi connectivity index (χ3v) is 7.91. The molecule has 0 amide bonds. The van der Waals surface area contributed by atoms with Gasteiger partial charge < -0.3 is 34.6 Å². The van der Waals surface area contributed by atoms with Crippen LogP contribution in [0.3, 0.4) is 0 Å². The number of hydrogen-bond acceptors (Lipinski definition) is 9. The van der Waals surface area contributed by atoms with Crippen molar-refractivity contribution in [1.82, 2.24) is 0 Å². The fraction of sp³-hybridized carbons (Fsp3) is 0.742. The van der Waals surface area contributed by atoms with Gasteiger partial charge >= 0.3 is 11.9 Å². The topological polar surface area (TPSA) is 146 Å². The van der Waals surface area contributed by atoms with E-state index in [-0.39, 0.29) is 49.7 Å². The third-order valence-electron chi connectivity index (χ3n) is 7.91. The molecule has 2 aliphatic heterocycles. The highest BCUT2D eigenvalue weighted by Crippen LogP contribution is 2.37. The summed E-state index contributed by atoms with van der Waals surface area (Å²) in [7, 11) is 0. The van der Waals surface area contributed by atoms with Crippen LogP contribution in [0.1, 0.15) is 87.0 Å². The quantitative estimate of drug-likeness (QED) is 0.135. The number of aliphatic hydroxyl groups excluding tert-OH is 2. The number of allylic oxidation sites excluding steroid dienone is 2. The van der Waals surface area contributed by atoms with Crippen molar-refractivity contribution >= 4 is 11.9 Å². The Kier molecular flexibility index (Phi) is 12.6. The second-order valence-corrected chi connectivity index (χ2v) is 12.0. The minimum Gasteiger partial charge on any atom is -0.457 e. The summed E-state index contributed by atoms with van der Waals surface area (Å²) in [6, 6.07) is 0. The summed E-state index contributed by atoms with van der Waals surface area (Å²) in [5.41, 5.74) is -1.87. The van der Waals surface area contributed by atoms with Crippen LogP contribution in [-0.4, -0.2) is 80.2 Å². The maximum absolute atomic E-state index is 12.6. The molecule has 2 heterocycles. The molecule has 2 rings (SSSR count). The van der Waals surface area contributed by atoms with Gasteiger partial charge in [0, 0.05) is 24.7 Å². The average Bonchev–Trinajstić information content (AvgIpc) is 3.64. The van der Waals surface area contributed by atoms with Gasteiger partial charge in [-0.05, 0) is 51.7 Å². The molecule has 2 aliphatic rings. The Labute approximate surface area is 238 Å². The average molecular weight is 567 g/mol. The molecule has 4 N–H and O–H groups in total. The molecule has 228 valence electrons. The van der Waals surface area contributed by atoms with E-state index < -0.39 is 47.6 Å². The first-order chi connectivity index (χ1) is 18.6. The van der Waals surface area contributed by atoms with E-state index in [2.05, 4.69) is 0 Å². The van der Waals surface area contributed by atoms with Gasteiger partial charge in [0.25, 0.3) is 0 Å². The Hall–Kier alpha value is -2.04. The SMILES string of the molecule is CCC(=O)OC1/C=C\C(C)C(/C(C)=C/C=C/C(C)(O)CC2OC2C(C)C(O)CC)OC(=O)CC(O)CCC1(C)O. The van der Waals surface area contributed by atoms with E-state index >= 15 is 0 Å². The Morgan fingerprint density at radius 3 is 2.62 bits per heavy atom. The Morgan fingerprint density at radius 1 is 1.32 bits per heavy atom. The summed E-state index contributed by atoms with van der Waals surface area (Å²) in [4.78, 5) is 24.7. The van der Waals surface area contributed by atoms with E-state index in [1.807, 2.05) is 27.7 Å². The molecule has 1 saturated heterocycles. The number of carbonyl (C=O) groups excluding carboxylic acids is 2. The lowest BCUT2D eigenvalue weighted by Gasteiger charge is -2.32. The van der Waals surface area contributed by atoms with Crippen LogP contribution in [-0.2, 0) is 23.8 Å². The lowest BCUT2D eigenvalue weighted by Crippen LogP contribution is -2.42. The number of hydrogen-bond donors (Lipinski definition) is 4. The monoisotopic (exact) mass is 566 g/mol. The zero-order valence-corrected chi connectivity index (χ0v) is 25.1. The number of carbonyl (C=O) groups is 2. The molecule has 1 fully saturated rings. The van der Waals surface area contributed by atoms with Crippen LogP contribution in [0.15, 0.2) is 36.0 Å². The molecule has 9 nitrogen and oxygen atoms in total. The summed E-state index contributed by atoms with van der Waals surface area (Å²) in [5, 5.41) is 42.4. The van der Waals surface area contributed by atoms with Crippen molar-refractivity contribution in [3.05, 3.63) is 36.0 Å². The maximum atomic E-state index is 12.6. The number of ether oxygens (including phenoxy) is 3. The van der Waals surface area contributed by atoms with Crippen molar-refractivity contribution in [2.75, 3.05) is 0 Å². The van der Waals surface area contributed by atoms with E-state index in [9.17, 15) is 30.0 Å². The van der Waals surface area contributed by atoms with Crippen LogP contribution in [0, 0.1) is 11.8 Å². The summed E-state index contributed by atoms with van der Waals surface area (Å²) < 4.78 is 17.0. The van der Waals surface area contributed by atoms with Gasteiger partial charge in [0.05, 0.1) is 36.4 Å². The molecule has 0 saturated carbocycles. The highest BCUT2D eigenvalue weighted by atomic mass is 16.6. The molecule has 0 aromatic carbocycles. The molecular weight excluding hydrogens is 516 g/mol. The minimum atomic E-state index is -1.43. The van der Waals surface area contributed by atoms with Crippen LogP contribution < -0.4 is 0 Å². The van der Waals surface area contributed by atoms with Gasteiger partial charge in [-0.1, -0.05) is 52.0 Å². The van der Waals surface area contributed by atoms with Crippen LogP contribution in [0.2, 0.25) is 0 Å². The van der Waals surface area contributed by atoms with E-state index in [4.69, 9.17) is 14.2 Å². The highest BCUT2D eigenvalue weighted by molar-refractivity contribution is 5.70. The molecule has 0 aromatic heterocycles. The van der Waals surface area contributed by atoms with Crippen molar-refractivity contribution in [2.24, 2.45) is 11.8 Å². The fourth-order valence-electron chi connectivity index (χ4n) is 5.03. The molecule has 0 aromatic rings. The summed E-state index contributed by atoms with van der Waals surface area (Å²) in [6.45, 7) is 12.4. The number of esters is 2. The predicted octanol–water partition coefficient (Wildman–Crippen LogP) is 3.53. The van der Waals surface area contributed by atoms with Crippen molar-refractivity contribution in [3.63, 3.8) is 0 Å². The molecule has 0 radical (unpaired) electrons. The Bertz CT molecular complexity index is 935. The number of epoxide rings is 1. The first kappa shape index (κ1) is 34.2.